The molecule has 5 nitrogen and oxygen atoms in total. The molecule has 0 fully saturated rings. The van der Waals surface area contributed by atoms with Crippen LogP contribution in [0.2, 0.25) is 0 Å². The average molecular weight is 371 g/mol. The number of hydrogen-bond acceptors (Lipinski definition) is 5. The van der Waals surface area contributed by atoms with Crippen molar-refractivity contribution in [2.24, 2.45) is 0 Å². The second kappa shape index (κ2) is 8.13. The van der Waals surface area contributed by atoms with Crippen LogP contribution in [0.15, 0.2) is 48.5 Å². The standard InChI is InChI=1S/C18H17N3O2S2/c1-12(22)19-13-6-8-14(9-7-13)20-17(23)10-24-11-18-21-15-4-2-3-5-16(15)25-18/h2-9H,10-11H2,1H3,(H,19,22)(H,20,23). The van der Waals surface area contributed by atoms with E-state index in [1.54, 1.807) is 35.6 Å². The molecule has 0 atom stereocenters. The van der Waals surface area contributed by atoms with E-state index in [4.69, 9.17) is 0 Å². The van der Waals surface area contributed by atoms with Crippen molar-refractivity contribution < 1.29 is 9.59 Å². The molecule has 7 heteroatoms. The van der Waals surface area contributed by atoms with Gasteiger partial charge in [-0.1, -0.05) is 12.1 Å². The summed E-state index contributed by atoms with van der Waals surface area (Å²) in [5, 5.41) is 6.56. The van der Waals surface area contributed by atoms with E-state index >= 15 is 0 Å². The van der Waals surface area contributed by atoms with E-state index < -0.39 is 0 Å². The molecule has 0 aliphatic carbocycles. The van der Waals surface area contributed by atoms with E-state index in [-0.39, 0.29) is 11.8 Å². The molecule has 2 N–H and O–H groups in total. The first-order valence-electron chi connectivity index (χ1n) is 7.70. The van der Waals surface area contributed by atoms with E-state index in [0.29, 0.717) is 22.9 Å². The molecule has 2 aromatic carbocycles. The molecular formula is C18H17N3O2S2. The van der Waals surface area contributed by atoms with Crippen LogP contribution in [-0.4, -0.2) is 22.6 Å². The normalized spacial score (nSPS) is 10.6. The molecule has 0 radical (unpaired) electrons. The Labute approximate surface area is 153 Å². The van der Waals surface area contributed by atoms with Crippen molar-refractivity contribution in [1.29, 1.82) is 0 Å². The van der Waals surface area contributed by atoms with Crippen molar-refractivity contribution in [3.8, 4) is 0 Å². The fourth-order valence-corrected chi connectivity index (χ4v) is 4.10. The minimum atomic E-state index is -0.122. The average Bonchev–Trinajstić information content (AvgIpc) is 2.99. The summed E-state index contributed by atoms with van der Waals surface area (Å²) in [5.41, 5.74) is 2.42. The summed E-state index contributed by atoms with van der Waals surface area (Å²) >= 11 is 3.20. The summed E-state index contributed by atoms with van der Waals surface area (Å²) < 4.78 is 1.17. The van der Waals surface area contributed by atoms with Crippen LogP contribution in [0.3, 0.4) is 0 Å². The van der Waals surface area contributed by atoms with Crippen molar-refractivity contribution in [3.05, 3.63) is 53.5 Å². The smallest absolute Gasteiger partial charge is 0.234 e. The molecule has 0 aliphatic rings. The van der Waals surface area contributed by atoms with Gasteiger partial charge in [0.05, 0.1) is 16.0 Å². The second-order valence-electron chi connectivity index (χ2n) is 5.37. The number of hydrogen-bond donors (Lipinski definition) is 2. The van der Waals surface area contributed by atoms with Gasteiger partial charge in [-0.15, -0.1) is 23.1 Å². The molecule has 0 unspecified atom stereocenters. The molecule has 0 saturated heterocycles. The second-order valence-corrected chi connectivity index (χ2v) is 7.48. The molecule has 3 aromatic rings. The maximum absolute atomic E-state index is 12.0. The first kappa shape index (κ1) is 17.4. The van der Waals surface area contributed by atoms with Crippen molar-refractivity contribution in [1.82, 2.24) is 4.98 Å². The Balaban J connectivity index is 1.46. The van der Waals surface area contributed by atoms with Crippen LogP contribution >= 0.6 is 23.1 Å². The first-order chi connectivity index (χ1) is 12.1. The van der Waals surface area contributed by atoms with Crippen molar-refractivity contribution in [3.63, 3.8) is 0 Å². The van der Waals surface area contributed by atoms with Crippen LogP contribution in [0, 0.1) is 0 Å². The van der Waals surface area contributed by atoms with Gasteiger partial charge in [-0.25, -0.2) is 4.98 Å². The molecule has 2 amide bonds. The third-order valence-electron chi connectivity index (χ3n) is 3.29. The highest BCUT2D eigenvalue weighted by molar-refractivity contribution is 7.99. The van der Waals surface area contributed by atoms with Crippen LogP contribution in [0.5, 0.6) is 0 Å². The quantitative estimate of drug-likeness (QED) is 0.683. The molecule has 1 aromatic heterocycles. The van der Waals surface area contributed by atoms with Crippen LogP contribution < -0.4 is 10.6 Å². The lowest BCUT2D eigenvalue weighted by molar-refractivity contribution is -0.114. The predicted molar refractivity (Wildman–Crippen MR) is 105 cm³/mol. The molecule has 0 saturated carbocycles. The molecule has 0 aliphatic heterocycles. The number of aromatic nitrogens is 1. The highest BCUT2D eigenvalue weighted by Gasteiger charge is 2.06. The Morgan fingerprint density at radius 3 is 2.40 bits per heavy atom. The fourth-order valence-electron chi connectivity index (χ4n) is 2.25. The van der Waals surface area contributed by atoms with Gasteiger partial charge in [0, 0.05) is 24.1 Å². The Morgan fingerprint density at radius 2 is 1.72 bits per heavy atom. The topological polar surface area (TPSA) is 71.1 Å². The maximum atomic E-state index is 12.0. The van der Waals surface area contributed by atoms with E-state index in [2.05, 4.69) is 21.7 Å². The number of rotatable bonds is 6. The van der Waals surface area contributed by atoms with Crippen molar-refractivity contribution >= 4 is 56.5 Å². The lowest BCUT2D eigenvalue weighted by atomic mass is 10.3. The van der Waals surface area contributed by atoms with E-state index in [1.165, 1.54) is 23.4 Å². The molecule has 128 valence electrons. The number of nitrogens with one attached hydrogen (secondary N) is 2. The largest absolute Gasteiger partial charge is 0.326 e. The van der Waals surface area contributed by atoms with Crippen LogP contribution in [0.25, 0.3) is 10.2 Å². The minimum Gasteiger partial charge on any atom is -0.326 e. The summed E-state index contributed by atoms with van der Waals surface area (Å²) in [7, 11) is 0. The zero-order chi connectivity index (χ0) is 17.6. The summed E-state index contributed by atoms with van der Waals surface area (Å²) in [5.74, 6) is 0.902. The predicted octanol–water partition coefficient (Wildman–Crippen LogP) is 4.13. The van der Waals surface area contributed by atoms with Gasteiger partial charge in [0.2, 0.25) is 11.8 Å². The van der Waals surface area contributed by atoms with Gasteiger partial charge >= 0.3 is 0 Å². The first-order valence-corrected chi connectivity index (χ1v) is 9.67. The summed E-state index contributed by atoms with van der Waals surface area (Å²) in [6.45, 7) is 1.46. The van der Waals surface area contributed by atoms with Crippen LogP contribution in [0.4, 0.5) is 11.4 Å². The number of carbonyl (C=O) groups is 2. The Bertz CT molecular complexity index is 858. The van der Waals surface area contributed by atoms with Gasteiger partial charge in [-0.05, 0) is 36.4 Å². The van der Waals surface area contributed by atoms with Crippen molar-refractivity contribution in [2.45, 2.75) is 12.7 Å². The number of benzene rings is 2. The number of nitrogens with zero attached hydrogens (tertiary/aromatic N) is 1. The summed E-state index contributed by atoms with van der Waals surface area (Å²) in [6, 6.07) is 15.1. The van der Waals surface area contributed by atoms with Gasteiger partial charge in [-0.3, -0.25) is 9.59 Å². The maximum Gasteiger partial charge on any atom is 0.234 e. The number of thioether (sulfide) groups is 1. The number of anilines is 2. The van der Waals surface area contributed by atoms with Gasteiger partial charge < -0.3 is 10.6 Å². The highest BCUT2D eigenvalue weighted by Crippen LogP contribution is 2.24. The number of carbonyl (C=O) groups excluding carboxylic acids is 2. The van der Waals surface area contributed by atoms with E-state index in [9.17, 15) is 9.59 Å². The Hall–Kier alpha value is -2.38. The van der Waals surface area contributed by atoms with E-state index in [0.717, 1.165) is 10.5 Å². The lowest BCUT2D eigenvalue weighted by Gasteiger charge is -2.06. The third-order valence-corrected chi connectivity index (χ3v) is 5.45. The van der Waals surface area contributed by atoms with Gasteiger partial charge in [0.25, 0.3) is 0 Å². The molecule has 0 bridgehead atoms. The number of fused-ring (bicyclic) bond motifs is 1. The molecule has 0 spiro atoms. The zero-order valence-electron chi connectivity index (χ0n) is 13.6. The Kier molecular flexibility index (Phi) is 5.67. The highest BCUT2D eigenvalue weighted by atomic mass is 32.2. The third kappa shape index (κ3) is 5.04. The number of para-hydroxylation sites is 1. The summed E-state index contributed by atoms with van der Waals surface area (Å²) in [6.07, 6.45) is 0. The molecule has 3 rings (SSSR count). The van der Waals surface area contributed by atoms with Crippen LogP contribution in [0.1, 0.15) is 11.9 Å². The molecular weight excluding hydrogens is 354 g/mol. The number of thiazole rings is 1. The molecule has 25 heavy (non-hydrogen) atoms. The van der Waals surface area contributed by atoms with Gasteiger partial charge in [-0.2, -0.15) is 0 Å². The zero-order valence-corrected chi connectivity index (χ0v) is 15.2. The summed E-state index contributed by atoms with van der Waals surface area (Å²) in [4.78, 5) is 27.6. The monoisotopic (exact) mass is 371 g/mol. The van der Waals surface area contributed by atoms with Gasteiger partial charge in [0.1, 0.15) is 5.01 Å². The van der Waals surface area contributed by atoms with Crippen LogP contribution in [-0.2, 0) is 15.3 Å². The van der Waals surface area contributed by atoms with E-state index in [1.807, 2.05) is 18.2 Å². The lowest BCUT2D eigenvalue weighted by Crippen LogP contribution is -2.14. The molecule has 1 heterocycles. The Morgan fingerprint density at radius 1 is 1.04 bits per heavy atom. The van der Waals surface area contributed by atoms with Crippen molar-refractivity contribution in [2.75, 3.05) is 16.4 Å². The fraction of sp³-hybridized carbons (Fsp3) is 0.167. The van der Waals surface area contributed by atoms with Gasteiger partial charge in [0.15, 0.2) is 0 Å². The number of amides is 2. The minimum absolute atomic E-state index is 0.0570. The SMILES string of the molecule is CC(=O)Nc1ccc(NC(=O)CSCc2nc3ccccc3s2)cc1.